The summed E-state index contributed by atoms with van der Waals surface area (Å²) in [6, 6.07) is 14.9. The summed E-state index contributed by atoms with van der Waals surface area (Å²) in [6.45, 7) is 2.19. The average molecular weight is 337 g/mol. The molecular formula is C20H19NO4. The molecule has 0 fully saturated rings. The summed E-state index contributed by atoms with van der Waals surface area (Å²) in [7, 11) is 1.42. The summed E-state index contributed by atoms with van der Waals surface area (Å²) < 4.78 is 10.7. The van der Waals surface area contributed by atoms with Gasteiger partial charge in [0.1, 0.15) is 12.4 Å². The van der Waals surface area contributed by atoms with Gasteiger partial charge in [0.25, 0.3) is 0 Å². The molecule has 1 N–H and O–H groups in total. The molecule has 0 unspecified atom stereocenters. The van der Waals surface area contributed by atoms with Gasteiger partial charge in [0.2, 0.25) is 0 Å². The number of hydrogen-bond acceptors (Lipinski definition) is 4. The highest BCUT2D eigenvalue weighted by Crippen LogP contribution is 2.22. The lowest BCUT2D eigenvalue weighted by atomic mass is 10.0. The molecule has 0 saturated heterocycles. The van der Waals surface area contributed by atoms with E-state index in [4.69, 9.17) is 14.7 Å². The number of carboxylic acid groups (broad SMARTS) is 1. The normalized spacial score (nSPS) is 10.8. The average Bonchev–Trinajstić information content (AvgIpc) is 2.61. The van der Waals surface area contributed by atoms with Crippen molar-refractivity contribution in [3.05, 3.63) is 76.6 Å². The third-order valence-electron chi connectivity index (χ3n) is 3.73. The minimum atomic E-state index is -1.02. The Hall–Kier alpha value is -3.26. The van der Waals surface area contributed by atoms with Gasteiger partial charge >= 0.3 is 5.97 Å². The van der Waals surface area contributed by atoms with Gasteiger partial charge in [0.15, 0.2) is 0 Å². The molecular weight excluding hydrogens is 318 g/mol. The predicted molar refractivity (Wildman–Crippen MR) is 93.1 cm³/mol. The highest BCUT2D eigenvalue weighted by molar-refractivity contribution is 5.86. The molecule has 0 aliphatic heterocycles. The van der Waals surface area contributed by atoms with Gasteiger partial charge in [0, 0.05) is 6.42 Å². The molecule has 0 amide bonds. The van der Waals surface area contributed by atoms with E-state index in [9.17, 15) is 9.90 Å². The van der Waals surface area contributed by atoms with Gasteiger partial charge in [-0.3, -0.25) is 0 Å². The van der Waals surface area contributed by atoms with Crippen molar-refractivity contribution in [2.45, 2.75) is 20.0 Å². The van der Waals surface area contributed by atoms with Crippen LogP contribution in [0.5, 0.6) is 5.75 Å². The van der Waals surface area contributed by atoms with Crippen LogP contribution in [-0.4, -0.2) is 18.2 Å². The maximum Gasteiger partial charge on any atom is 0.335 e. The molecule has 5 nitrogen and oxygen atoms in total. The van der Waals surface area contributed by atoms with Crippen molar-refractivity contribution in [3.8, 4) is 11.8 Å². The molecule has 0 bridgehead atoms. The lowest BCUT2D eigenvalue weighted by Crippen LogP contribution is -2.08. The van der Waals surface area contributed by atoms with Crippen molar-refractivity contribution in [2.24, 2.45) is 0 Å². The van der Waals surface area contributed by atoms with E-state index in [0.717, 1.165) is 16.7 Å². The second-order valence-corrected chi connectivity index (χ2v) is 5.51. The van der Waals surface area contributed by atoms with Crippen LogP contribution in [-0.2, 0) is 22.6 Å². The molecule has 0 saturated carbocycles. The number of aliphatic carboxylic acids is 1. The van der Waals surface area contributed by atoms with Gasteiger partial charge in [-0.1, -0.05) is 30.3 Å². The molecule has 0 spiro atoms. The van der Waals surface area contributed by atoms with Crippen molar-refractivity contribution in [2.75, 3.05) is 7.11 Å². The Morgan fingerprint density at radius 2 is 1.96 bits per heavy atom. The van der Waals surface area contributed by atoms with Gasteiger partial charge in [-0.15, -0.1) is 0 Å². The first-order chi connectivity index (χ1) is 12.0. The van der Waals surface area contributed by atoms with Crippen LogP contribution in [0.25, 0.3) is 0 Å². The quantitative estimate of drug-likeness (QED) is 0.617. The van der Waals surface area contributed by atoms with Crippen LogP contribution in [0.15, 0.2) is 54.3 Å². The van der Waals surface area contributed by atoms with E-state index in [2.05, 4.69) is 6.07 Å². The Morgan fingerprint density at radius 3 is 2.60 bits per heavy atom. The summed E-state index contributed by atoms with van der Waals surface area (Å²) in [6.07, 6.45) is 1.47. The van der Waals surface area contributed by atoms with Gasteiger partial charge < -0.3 is 14.6 Å². The van der Waals surface area contributed by atoms with E-state index in [-0.39, 0.29) is 18.6 Å². The second kappa shape index (κ2) is 8.55. The molecule has 5 heteroatoms. The molecule has 128 valence electrons. The number of carbonyl (C=O) groups is 1. The summed E-state index contributed by atoms with van der Waals surface area (Å²) in [4.78, 5) is 11.3. The predicted octanol–water partition coefficient (Wildman–Crippen LogP) is 3.60. The van der Waals surface area contributed by atoms with E-state index in [1.54, 1.807) is 12.1 Å². The Labute approximate surface area is 146 Å². The lowest BCUT2D eigenvalue weighted by molar-refractivity contribution is -0.132. The first kappa shape index (κ1) is 18.1. The fraction of sp³-hybridized carbons (Fsp3) is 0.200. The summed E-state index contributed by atoms with van der Waals surface area (Å²) in [5, 5.41) is 18.3. The van der Waals surface area contributed by atoms with E-state index in [1.807, 2.05) is 37.3 Å². The van der Waals surface area contributed by atoms with E-state index < -0.39 is 5.97 Å². The zero-order valence-corrected chi connectivity index (χ0v) is 14.2. The molecule has 2 aromatic rings. The smallest absolute Gasteiger partial charge is 0.335 e. The maximum absolute atomic E-state index is 11.3. The fourth-order valence-corrected chi connectivity index (χ4v) is 2.37. The topological polar surface area (TPSA) is 79.5 Å². The van der Waals surface area contributed by atoms with Crippen LogP contribution in [0.3, 0.4) is 0 Å². The Kier molecular flexibility index (Phi) is 6.19. The summed E-state index contributed by atoms with van der Waals surface area (Å²) >= 11 is 0. The number of rotatable bonds is 7. The number of nitriles is 1. The van der Waals surface area contributed by atoms with E-state index >= 15 is 0 Å². The van der Waals surface area contributed by atoms with Crippen LogP contribution in [0.4, 0.5) is 0 Å². The van der Waals surface area contributed by atoms with Crippen molar-refractivity contribution >= 4 is 5.97 Å². The maximum atomic E-state index is 11.3. The van der Waals surface area contributed by atoms with E-state index in [0.29, 0.717) is 11.3 Å². The fourth-order valence-electron chi connectivity index (χ4n) is 2.37. The van der Waals surface area contributed by atoms with Crippen LogP contribution < -0.4 is 4.74 Å². The molecule has 0 aliphatic rings. The molecule has 0 heterocycles. The number of aryl methyl sites for hydroxylation is 1. The van der Waals surface area contributed by atoms with Crippen molar-refractivity contribution in [1.82, 2.24) is 0 Å². The van der Waals surface area contributed by atoms with Crippen LogP contribution >= 0.6 is 0 Å². The summed E-state index contributed by atoms with van der Waals surface area (Å²) in [5.41, 5.74) is 3.36. The number of benzene rings is 2. The van der Waals surface area contributed by atoms with Gasteiger partial charge in [0.05, 0.1) is 30.6 Å². The van der Waals surface area contributed by atoms with Crippen molar-refractivity contribution in [1.29, 1.82) is 5.26 Å². The molecule has 2 aromatic carbocycles. The number of hydrogen-bond donors (Lipinski definition) is 1. The standard InChI is InChI=1S/C20H19NO4/c1-14-7-8-15(11-21)9-19(14)25-13-17-6-4-3-5-16(17)10-18(12-24-2)20(22)23/h3-9,12H,10,13H2,1-2H3,(H,22,23)/b18-12+. The third-order valence-corrected chi connectivity index (χ3v) is 3.73. The Bertz CT molecular complexity index is 834. The monoisotopic (exact) mass is 337 g/mol. The first-order valence-corrected chi connectivity index (χ1v) is 7.70. The summed E-state index contributed by atoms with van der Waals surface area (Å²) in [5.74, 6) is -0.380. The molecule has 0 radical (unpaired) electrons. The largest absolute Gasteiger partial charge is 0.504 e. The van der Waals surface area contributed by atoms with Crippen LogP contribution in [0, 0.1) is 18.3 Å². The third kappa shape index (κ3) is 4.85. The van der Waals surface area contributed by atoms with Crippen LogP contribution in [0.1, 0.15) is 22.3 Å². The lowest BCUT2D eigenvalue weighted by Gasteiger charge is -2.13. The number of ether oxygens (including phenoxy) is 2. The zero-order valence-electron chi connectivity index (χ0n) is 14.2. The molecule has 0 aliphatic carbocycles. The highest BCUT2D eigenvalue weighted by Gasteiger charge is 2.12. The highest BCUT2D eigenvalue weighted by atomic mass is 16.5. The van der Waals surface area contributed by atoms with Gasteiger partial charge in [-0.25, -0.2) is 4.79 Å². The Balaban J connectivity index is 2.20. The molecule has 0 atom stereocenters. The number of carboxylic acids is 1. The molecule has 25 heavy (non-hydrogen) atoms. The second-order valence-electron chi connectivity index (χ2n) is 5.51. The minimum absolute atomic E-state index is 0.164. The SMILES string of the molecule is CO/C=C(\Cc1ccccc1COc1cc(C#N)ccc1C)C(=O)O. The zero-order chi connectivity index (χ0) is 18.2. The number of nitrogens with zero attached hydrogens (tertiary/aromatic N) is 1. The van der Waals surface area contributed by atoms with Crippen molar-refractivity contribution < 1.29 is 19.4 Å². The Morgan fingerprint density at radius 1 is 1.24 bits per heavy atom. The number of methoxy groups -OCH3 is 1. The van der Waals surface area contributed by atoms with E-state index in [1.165, 1.54) is 13.4 Å². The van der Waals surface area contributed by atoms with Gasteiger partial charge in [-0.2, -0.15) is 5.26 Å². The minimum Gasteiger partial charge on any atom is -0.504 e. The molecule has 0 aromatic heterocycles. The molecule has 2 rings (SSSR count). The van der Waals surface area contributed by atoms with Gasteiger partial charge in [-0.05, 0) is 35.7 Å². The first-order valence-electron chi connectivity index (χ1n) is 7.70. The van der Waals surface area contributed by atoms with Crippen molar-refractivity contribution in [3.63, 3.8) is 0 Å². The van der Waals surface area contributed by atoms with Crippen LogP contribution in [0.2, 0.25) is 0 Å².